The van der Waals surface area contributed by atoms with Crippen molar-refractivity contribution in [2.45, 2.75) is 25.5 Å². The minimum Gasteiger partial charge on any atom is -0.466 e. The zero-order valence-corrected chi connectivity index (χ0v) is 12.0. The number of amides is 1. The summed E-state index contributed by atoms with van der Waals surface area (Å²) in [7, 11) is 1.33. The predicted octanol–water partition coefficient (Wildman–Crippen LogP) is 2.52. The number of hydrogen-bond donors (Lipinski definition) is 0. The SMILES string of the molecule is COC(=O)/C=C\[C@@H]1CCCN1C(=O)OCc1ccccc1. The Hall–Kier alpha value is -2.30. The van der Waals surface area contributed by atoms with Gasteiger partial charge in [0.15, 0.2) is 0 Å². The van der Waals surface area contributed by atoms with E-state index >= 15 is 0 Å². The third-order valence-electron chi connectivity index (χ3n) is 3.39. The van der Waals surface area contributed by atoms with E-state index < -0.39 is 5.97 Å². The fourth-order valence-corrected chi connectivity index (χ4v) is 2.28. The second-order valence-corrected chi connectivity index (χ2v) is 4.83. The molecule has 112 valence electrons. The van der Waals surface area contributed by atoms with Gasteiger partial charge in [-0.25, -0.2) is 9.59 Å². The van der Waals surface area contributed by atoms with Crippen LogP contribution in [0.4, 0.5) is 4.79 Å². The normalized spacial score (nSPS) is 18.0. The molecule has 2 rings (SSSR count). The average Bonchev–Trinajstić information content (AvgIpc) is 2.99. The van der Waals surface area contributed by atoms with Gasteiger partial charge in [0.05, 0.1) is 13.2 Å². The van der Waals surface area contributed by atoms with Crippen LogP contribution in [0.25, 0.3) is 0 Å². The van der Waals surface area contributed by atoms with Crippen LogP contribution in [0.3, 0.4) is 0 Å². The van der Waals surface area contributed by atoms with Gasteiger partial charge in [0.1, 0.15) is 6.61 Å². The zero-order chi connectivity index (χ0) is 15.1. The third kappa shape index (κ3) is 4.34. The highest BCUT2D eigenvalue weighted by Gasteiger charge is 2.28. The first kappa shape index (κ1) is 15.1. The molecule has 0 unspecified atom stereocenters. The predicted molar refractivity (Wildman–Crippen MR) is 77.5 cm³/mol. The maximum Gasteiger partial charge on any atom is 0.410 e. The Balaban J connectivity index is 1.88. The molecular formula is C16H19NO4. The van der Waals surface area contributed by atoms with Gasteiger partial charge in [-0.15, -0.1) is 0 Å². The molecule has 0 aromatic heterocycles. The molecule has 1 atom stereocenters. The van der Waals surface area contributed by atoms with Crippen molar-refractivity contribution < 1.29 is 19.1 Å². The Morgan fingerprint density at radius 3 is 2.81 bits per heavy atom. The van der Waals surface area contributed by atoms with Crippen molar-refractivity contribution in [1.29, 1.82) is 0 Å². The number of likely N-dealkylation sites (tertiary alicyclic amines) is 1. The lowest BCUT2D eigenvalue weighted by molar-refractivity contribution is -0.134. The van der Waals surface area contributed by atoms with E-state index in [1.807, 2.05) is 30.3 Å². The van der Waals surface area contributed by atoms with Gasteiger partial charge in [-0.3, -0.25) is 0 Å². The number of hydrogen-bond acceptors (Lipinski definition) is 4. The van der Waals surface area contributed by atoms with Crippen molar-refractivity contribution in [3.05, 3.63) is 48.0 Å². The maximum atomic E-state index is 12.1. The number of benzene rings is 1. The van der Waals surface area contributed by atoms with E-state index in [9.17, 15) is 9.59 Å². The topological polar surface area (TPSA) is 55.8 Å². The summed E-state index contributed by atoms with van der Waals surface area (Å²) in [4.78, 5) is 24.9. The Labute approximate surface area is 124 Å². The van der Waals surface area contributed by atoms with Crippen LogP contribution in [-0.2, 0) is 20.9 Å². The highest BCUT2D eigenvalue weighted by atomic mass is 16.6. The summed E-state index contributed by atoms with van der Waals surface area (Å²) in [5, 5.41) is 0. The van der Waals surface area contributed by atoms with E-state index in [2.05, 4.69) is 4.74 Å². The van der Waals surface area contributed by atoms with Crippen LogP contribution in [0.15, 0.2) is 42.5 Å². The van der Waals surface area contributed by atoms with Gasteiger partial charge in [-0.2, -0.15) is 0 Å². The number of rotatable bonds is 4. The molecule has 1 heterocycles. The number of methoxy groups -OCH3 is 1. The van der Waals surface area contributed by atoms with E-state index in [0.29, 0.717) is 6.54 Å². The van der Waals surface area contributed by atoms with Gasteiger partial charge >= 0.3 is 12.1 Å². The molecule has 1 aromatic rings. The smallest absolute Gasteiger partial charge is 0.410 e. The molecule has 1 fully saturated rings. The van der Waals surface area contributed by atoms with Crippen LogP contribution in [0, 0.1) is 0 Å². The molecule has 1 aliphatic rings. The zero-order valence-electron chi connectivity index (χ0n) is 12.0. The van der Waals surface area contributed by atoms with Crippen LogP contribution in [0.2, 0.25) is 0 Å². The van der Waals surface area contributed by atoms with E-state index in [1.165, 1.54) is 13.2 Å². The summed E-state index contributed by atoms with van der Waals surface area (Å²) in [5.74, 6) is -0.417. The van der Waals surface area contributed by atoms with E-state index in [1.54, 1.807) is 11.0 Å². The van der Waals surface area contributed by atoms with Gasteiger partial charge in [-0.05, 0) is 18.4 Å². The van der Waals surface area contributed by atoms with Crippen LogP contribution < -0.4 is 0 Å². The lowest BCUT2D eigenvalue weighted by atomic mass is 10.2. The summed E-state index contributed by atoms with van der Waals surface area (Å²) in [6, 6.07) is 9.44. The summed E-state index contributed by atoms with van der Waals surface area (Å²) in [6.45, 7) is 0.896. The second kappa shape index (κ2) is 7.47. The highest BCUT2D eigenvalue weighted by Crippen LogP contribution is 2.19. The highest BCUT2D eigenvalue weighted by molar-refractivity contribution is 5.82. The Bertz CT molecular complexity index is 512. The van der Waals surface area contributed by atoms with Crippen molar-refractivity contribution in [2.24, 2.45) is 0 Å². The van der Waals surface area contributed by atoms with Gasteiger partial charge in [-0.1, -0.05) is 36.4 Å². The summed E-state index contributed by atoms with van der Waals surface area (Å²) in [5.41, 5.74) is 0.951. The molecule has 0 N–H and O–H groups in total. The molecule has 0 saturated carbocycles. The summed E-state index contributed by atoms with van der Waals surface area (Å²) in [6.07, 6.45) is 4.43. The first-order chi connectivity index (χ1) is 10.2. The monoisotopic (exact) mass is 289 g/mol. The Morgan fingerprint density at radius 2 is 2.10 bits per heavy atom. The molecule has 1 aliphatic heterocycles. The third-order valence-corrected chi connectivity index (χ3v) is 3.39. The fraction of sp³-hybridized carbons (Fsp3) is 0.375. The number of carbonyl (C=O) groups excluding carboxylic acids is 2. The lowest BCUT2D eigenvalue weighted by Crippen LogP contribution is -2.34. The molecule has 0 spiro atoms. The molecule has 0 radical (unpaired) electrons. The van der Waals surface area contributed by atoms with Crippen molar-refractivity contribution in [1.82, 2.24) is 4.90 Å². The van der Waals surface area contributed by atoms with Crippen LogP contribution in [0.5, 0.6) is 0 Å². The molecule has 1 aromatic carbocycles. The Kier molecular flexibility index (Phi) is 5.37. The largest absolute Gasteiger partial charge is 0.466 e. The molecule has 5 heteroatoms. The number of nitrogens with zero attached hydrogens (tertiary/aromatic N) is 1. The Morgan fingerprint density at radius 1 is 1.33 bits per heavy atom. The van der Waals surface area contributed by atoms with Crippen molar-refractivity contribution in [2.75, 3.05) is 13.7 Å². The van der Waals surface area contributed by atoms with Crippen LogP contribution in [0.1, 0.15) is 18.4 Å². The first-order valence-electron chi connectivity index (χ1n) is 6.94. The van der Waals surface area contributed by atoms with E-state index in [4.69, 9.17) is 4.74 Å². The van der Waals surface area contributed by atoms with Crippen molar-refractivity contribution >= 4 is 12.1 Å². The standard InChI is InChI=1S/C16H19NO4/c1-20-15(18)10-9-14-8-5-11-17(14)16(19)21-12-13-6-3-2-4-7-13/h2-4,6-7,9-10,14H,5,8,11-12H2,1H3/b10-9-/t14-/m0/s1. The lowest BCUT2D eigenvalue weighted by Gasteiger charge is -2.21. The number of esters is 1. The minimum absolute atomic E-state index is 0.104. The fourth-order valence-electron chi connectivity index (χ4n) is 2.28. The molecule has 0 aliphatic carbocycles. The molecule has 21 heavy (non-hydrogen) atoms. The second-order valence-electron chi connectivity index (χ2n) is 4.83. The maximum absolute atomic E-state index is 12.1. The van der Waals surface area contributed by atoms with E-state index in [0.717, 1.165) is 18.4 Å². The van der Waals surface area contributed by atoms with Crippen LogP contribution in [-0.4, -0.2) is 36.7 Å². The van der Waals surface area contributed by atoms with Gasteiger partial charge < -0.3 is 14.4 Å². The molecular weight excluding hydrogens is 270 g/mol. The average molecular weight is 289 g/mol. The minimum atomic E-state index is -0.417. The summed E-state index contributed by atoms with van der Waals surface area (Å²) < 4.78 is 9.86. The molecule has 1 saturated heterocycles. The molecule has 1 amide bonds. The number of ether oxygens (including phenoxy) is 2. The van der Waals surface area contributed by atoms with Gasteiger partial charge in [0, 0.05) is 12.6 Å². The van der Waals surface area contributed by atoms with Crippen LogP contribution >= 0.6 is 0 Å². The summed E-state index contributed by atoms with van der Waals surface area (Å²) >= 11 is 0. The van der Waals surface area contributed by atoms with E-state index in [-0.39, 0.29) is 18.7 Å². The number of carbonyl (C=O) groups is 2. The van der Waals surface area contributed by atoms with Crippen molar-refractivity contribution in [3.8, 4) is 0 Å². The van der Waals surface area contributed by atoms with Crippen molar-refractivity contribution in [3.63, 3.8) is 0 Å². The van der Waals surface area contributed by atoms with Gasteiger partial charge in [0.25, 0.3) is 0 Å². The molecule has 5 nitrogen and oxygen atoms in total. The van der Waals surface area contributed by atoms with Gasteiger partial charge in [0.2, 0.25) is 0 Å². The first-order valence-corrected chi connectivity index (χ1v) is 6.94. The quantitative estimate of drug-likeness (QED) is 0.631. The molecule has 0 bridgehead atoms.